The average Bonchev–Trinajstić information content (AvgIpc) is 3.39. The molecule has 0 atom stereocenters. The van der Waals surface area contributed by atoms with Gasteiger partial charge in [-0.3, -0.25) is 4.79 Å². The number of piperazine rings is 1. The third-order valence-corrected chi connectivity index (χ3v) is 6.63. The van der Waals surface area contributed by atoms with Crippen molar-refractivity contribution >= 4 is 11.6 Å². The maximum Gasteiger partial charge on any atom is 0.272 e. The number of carbonyl (C=O) groups excluding carboxylic acids is 1. The molecule has 0 spiro atoms. The van der Waals surface area contributed by atoms with Gasteiger partial charge in [0.15, 0.2) is 0 Å². The van der Waals surface area contributed by atoms with Crippen LogP contribution in [-0.2, 0) is 0 Å². The quantitative estimate of drug-likeness (QED) is 0.394. The summed E-state index contributed by atoms with van der Waals surface area (Å²) in [6.07, 6.45) is 0. The van der Waals surface area contributed by atoms with Gasteiger partial charge in [0.2, 0.25) is 0 Å². The Kier molecular flexibility index (Phi) is 6.62. The fourth-order valence-electron chi connectivity index (χ4n) is 4.61. The molecule has 1 aromatic heterocycles. The molecule has 1 aliphatic rings. The van der Waals surface area contributed by atoms with Gasteiger partial charge < -0.3 is 19.3 Å². The van der Waals surface area contributed by atoms with E-state index in [1.165, 1.54) is 11.3 Å². The number of carbonyl (C=O) groups is 1. The van der Waals surface area contributed by atoms with Crippen molar-refractivity contribution in [2.75, 3.05) is 45.3 Å². The molecule has 0 unspecified atom stereocenters. The highest BCUT2D eigenvalue weighted by atomic mass is 16.5. The topological polar surface area (TPSA) is 59.8 Å². The first-order valence-electron chi connectivity index (χ1n) is 12.1. The summed E-state index contributed by atoms with van der Waals surface area (Å²) >= 11 is 0. The minimum Gasteiger partial charge on any atom is -0.497 e. The second-order valence-corrected chi connectivity index (χ2v) is 8.82. The molecule has 0 bridgehead atoms. The van der Waals surface area contributed by atoms with Gasteiger partial charge in [0, 0.05) is 37.4 Å². The molecule has 1 fully saturated rings. The number of aryl methyl sites for hydroxylation is 1. The highest BCUT2D eigenvalue weighted by Crippen LogP contribution is 2.27. The number of anilines is 1. The molecule has 1 saturated heterocycles. The van der Waals surface area contributed by atoms with Crippen molar-refractivity contribution in [3.05, 3.63) is 90.1 Å². The first-order chi connectivity index (χ1) is 17.6. The number of nitrogens with zero attached hydrogens (tertiary/aromatic N) is 4. The summed E-state index contributed by atoms with van der Waals surface area (Å²) in [5, 5.41) is 4.83. The zero-order valence-electron chi connectivity index (χ0n) is 20.8. The summed E-state index contributed by atoms with van der Waals surface area (Å²) in [6, 6.07) is 25.5. The molecular formula is C29H30N4O3. The van der Waals surface area contributed by atoms with Crippen LogP contribution in [0.3, 0.4) is 0 Å². The van der Waals surface area contributed by atoms with Crippen LogP contribution in [0.2, 0.25) is 0 Å². The second-order valence-electron chi connectivity index (χ2n) is 8.82. The lowest BCUT2D eigenvalue weighted by atomic mass is 10.1. The predicted octanol–water partition coefficient (Wildman–Crippen LogP) is 4.83. The summed E-state index contributed by atoms with van der Waals surface area (Å²) < 4.78 is 12.4. The SMILES string of the molecule is COc1ccc(-n2nc(-c3cccc(OC)c3)cc2C(=O)N2CCN(c3ccccc3C)CC2)cc1. The summed E-state index contributed by atoms with van der Waals surface area (Å²) in [4.78, 5) is 18.1. The smallest absolute Gasteiger partial charge is 0.272 e. The highest BCUT2D eigenvalue weighted by Gasteiger charge is 2.27. The normalized spacial score (nSPS) is 13.5. The minimum absolute atomic E-state index is 0.0307. The third kappa shape index (κ3) is 4.64. The lowest BCUT2D eigenvalue weighted by Crippen LogP contribution is -2.49. The Morgan fingerprint density at radius 3 is 2.22 bits per heavy atom. The van der Waals surface area contributed by atoms with Gasteiger partial charge in [-0.1, -0.05) is 30.3 Å². The van der Waals surface area contributed by atoms with Crippen molar-refractivity contribution in [1.82, 2.24) is 14.7 Å². The van der Waals surface area contributed by atoms with Crippen molar-refractivity contribution in [3.8, 4) is 28.4 Å². The van der Waals surface area contributed by atoms with E-state index in [1.54, 1.807) is 18.9 Å². The number of hydrogen-bond donors (Lipinski definition) is 0. The number of methoxy groups -OCH3 is 2. The van der Waals surface area contributed by atoms with Gasteiger partial charge in [0.05, 0.1) is 25.6 Å². The Balaban J connectivity index is 1.45. The Morgan fingerprint density at radius 1 is 0.806 bits per heavy atom. The van der Waals surface area contributed by atoms with Crippen molar-refractivity contribution in [1.29, 1.82) is 0 Å². The summed E-state index contributed by atoms with van der Waals surface area (Å²) in [5.74, 6) is 1.46. The van der Waals surface area contributed by atoms with Gasteiger partial charge in [-0.2, -0.15) is 5.10 Å². The number of benzene rings is 3. The monoisotopic (exact) mass is 482 g/mol. The van der Waals surface area contributed by atoms with Gasteiger partial charge in [-0.05, 0) is 61.0 Å². The lowest BCUT2D eigenvalue weighted by Gasteiger charge is -2.36. The van der Waals surface area contributed by atoms with E-state index >= 15 is 0 Å². The average molecular weight is 483 g/mol. The van der Waals surface area contributed by atoms with Crippen LogP contribution in [-0.4, -0.2) is 61.0 Å². The molecule has 7 nitrogen and oxygen atoms in total. The maximum absolute atomic E-state index is 13.8. The predicted molar refractivity (Wildman–Crippen MR) is 141 cm³/mol. The fourth-order valence-corrected chi connectivity index (χ4v) is 4.61. The molecule has 3 aromatic carbocycles. The van der Waals surface area contributed by atoms with Crippen LogP contribution in [0.5, 0.6) is 11.5 Å². The molecule has 5 rings (SSSR count). The fraction of sp³-hybridized carbons (Fsp3) is 0.241. The number of ether oxygens (including phenoxy) is 2. The van der Waals surface area contributed by atoms with Crippen molar-refractivity contribution in [3.63, 3.8) is 0 Å². The molecule has 184 valence electrons. The van der Waals surface area contributed by atoms with Crippen LogP contribution in [0, 0.1) is 6.92 Å². The number of rotatable bonds is 6. The number of para-hydroxylation sites is 1. The first kappa shape index (κ1) is 23.5. The van der Waals surface area contributed by atoms with Crippen LogP contribution >= 0.6 is 0 Å². The first-order valence-corrected chi connectivity index (χ1v) is 12.1. The van der Waals surface area contributed by atoms with Gasteiger partial charge >= 0.3 is 0 Å². The summed E-state index contributed by atoms with van der Waals surface area (Å²) in [6.45, 7) is 5.00. The van der Waals surface area contributed by atoms with E-state index in [1.807, 2.05) is 59.5 Å². The zero-order chi connectivity index (χ0) is 25.1. The van der Waals surface area contributed by atoms with E-state index in [9.17, 15) is 4.79 Å². The van der Waals surface area contributed by atoms with E-state index in [4.69, 9.17) is 14.6 Å². The van der Waals surface area contributed by atoms with Crippen LogP contribution in [0.4, 0.5) is 5.69 Å². The van der Waals surface area contributed by atoms with E-state index in [-0.39, 0.29) is 5.91 Å². The molecule has 4 aromatic rings. The largest absolute Gasteiger partial charge is 0.497 e. The minimum atomic E-state index is -0.0307. The van der Waals surface area contributed by atoms with Gasteiger partial charge in [-0.15, -0.1) is 0 Å². The third-order valence-electron chi connectivity index (χ3n) is 6.63. The zero-order valence-corrected chi connectivity index (χ0v) is 20.8. The molecule has 0 saturated carbocycles. The number of hydrogen-bond acceptors (Lipinski definition) is 5. The van der Waals surface area contributed by atoms with Crippen molar-refractivity contribution in [2.45, 2.75) is 6.92 Å². The molecular weight excluding hydrogens is 452 g/mol. The Hall–Kier alpha value is -4.26. The van der Waals surface area contributed by atoms with Gasteiger partial charge in [0.25, 0.3) is 5.91 Å². The van der Waals surface area contributed by atoms with E-state index in [0.29, 0.717) is 24.5 Å². The van der Waals surface area contributed by atoms with Crippen LogP contribution in [0.1, 0.15) is 16.1 Å². The number of amides is 1. The maximum atomic E-state index is 13.8. The van der Waals surface area contributed by atoms with E-state index in [0.717, 1.165) is 35.8 Å². The molecule has 1 amide bonds. The molecule has 1 aliphatic heterocycles. The summed E-state index contributed by atoms with van der Waals surface area (Å²) in [5.41, 5.74) is 5.41. The molecule has 36 heavy (non-hydrogen) atoms. The Labute approximate surface area is 211 Å². The van der Waals surface area contributed by atoms with Crippen LogP contribution < -0.4 is 14.4 Å². The van der Waals surface area contributed by atoms with E-state index in [2.05, 4.69) is 36.1 Å². The molecule has 0 aliphatic carbocycles. The van der Waals surface area contributed by atoms with E-state index < -0.39 is 0 Å². The molecule has 0 N–H and O–H groups in total. The highest BCUT2D eigenvalue weighted by molar-refractivity contribution is 5.94. The Morgan fingerprint density at radius 2 is 1.53 bits per heavy atom. The van der Waals surface area contributed by atoms with Crippen LogP contribution in [0.25, 0.3) is 16.9 Å². The van der Waals surface area contributed by atoms with Crippen molar-refractivity contribution in [2.24, 2.45) is 0 Å². The Bertz CT molecular complexity index is 1360. The standard InChI is InChI=1S/C29H30N4O3/c1-21-7-4-5-10-27(21)31-15-17-32(18-16-31)29(34)28-20-26(22-8-6-9-25(19-22)36-3)30-33(28)23-11-13-24(35-2)14-12-23/h4-14,19-20H,15-18H2,1-3H3. The molecule has 0 radical (unpaired) electrons. The van der Waals surface area contributed by atoms with Crippen molar-refractivity contribution < 1.29 is 14.3 Å². The van der Waals surface area contributed by atoms with Gasteiger partial charge in [0.1, 0.15) is 17.2 Å². The van der Waals surface area contributed by atoms with Gasteiger partial charge in [-0.25, -0.2) is 4.68 Å². The molecule has 2 heterocycles. The number of aromatic nitrogens is 2. The molecule has 7 heteroatoms. The second kappa shape index (κ2) is 10.2. The lowest BCUT2D eigenvalue weighted by molar-refractivity contribution is 0.0737. The van der Waals surface area contributed by atoms with Crippen LogP contribution in [0.15, 0.2) is 78.9 Å². The summed E-state index contributed by atoms with van der Waals surface area (Å²) in [7, 11) is 3.27.